The second kappa shape index (κ2) is 5.49. The van der Waals surface area contributed by atoms with E-state index < -0.39 is 5.91 Å². The van der Waals surface area contributed by atoms with Crippen molar-refractivity contribution in [1.29, 1.82) is 0 Å². The number of carbonyl (C=O) groups excluding carboxylic acids is 2. The van der Waals surface area contributed by atoms with Crippen LogP contribution in [0.2, 0.25) is 0 Å². The van der Waals surface area contributed by atoms with E-state index in [0.717, 1.165) is 12.2 Å². The van der Waals surface area contributed by atoms with Gasteiger partial charge in [0.1, 0.15) is 0 Å². The van der Waals surface area contributed by atoms with Crippen molar-refractivity contribution in [3.8, 4) is 0 Å². The summed E-state index contributed by atoms with van der Waals surface area (Å²) in [5, 5.41) is 2.11. The molecule has 1 aromatic heterocycles. The molecule has 7 heteroatoms. The quantitative estimate of drug-likeness (QED) is 0.497. The van der Waals surface area contributed by atoms with Crippen molar-refractivity contribution in [3.05, 3.63) is 16.1 Å². The van der Waals surface area contributed by atoms with Crippen molar-refractivity contribution in [3.63, 3.8) is 0 Å². The van der Waals surface area contributed by atoms with Crippen LogP contribution in [0.15, 0.2) is 5.38 Å². The summed E-state index contributed by atoms with van der Waals surface area (Å²) in [6.07, 6.45) is 0.587. The highest BCUT2D eigenvalue weighted by Crippen LogP contribution is 2.34. The third-order valence-corrected chi connectivity index (χ3v) is 4.56. The maximum atomic E-state index is 12.0. The summed E-state index contributed by atoms with van der Waals surface area (Å²) in [5.41, 5.74) is 2.91. The zero-order valence-corrected chi connectivity index (χ0v) is 12.8. The lowest BCUT2D eigenvalue weighted by Crippen LogP contribution is -2.30. The zero-order valence-electron chi connectivity index (χ0n) is 12.0. The van der Waals surface area contributed by atoms with Crippen molar-refractivity contribution in [1.82, 2.24) is 15.3 Å². The number of hydrogen-bond acceptors (Lipinski definition) is 5. The highest BCUT2D eigenvalue weighted by molar-refractivity contribution is 7.11. The molecule has 1 aromatic rings. The molecule has 3 N–H and O–H groups in total. The Morgan fingerprint density at radius 1 is 1.60 bits per heavy atom. The molecule has 110 valence electrons. The lowest BCUT2D eigenvalue weighted by Gasteiger charge is -2.26. The van der Waals surface area contributed by atoms with E-state index in [-0.39, 0.29) is 11.3 Å². The highest BCUT2D eigenvalue weighted by atomic mass is 32.1. The molecule has 0 radical (unpaired) electrons. The van der Waals surface area contributed by atoms with Crippen LogP contribution in [0.25, 0.3) is 0 Å². The number of nitrogens with two attached hydrogens (primary N) is 1. The van der Waals surface area contributed by atoms with Crippen molar-refractivity contribution in [2.24, 2.45) is 17.2 Å². The minimum absolute atomic E-state index is 0.122. The van der Waals surface area contributed by atoms with Gasteiger partial charge in [-0.3, -0.25) is 15.0 Å². The fraction of sp³-hybridized carbons (Fsp3) is 0.615. The minimum atomic E-state index is -0.401. The lowest BCUT2D eigenvalue weighted by atomic mass is 9.80. The molecule has 1 aliphatic rings. The third-order valence-electron chi connectivity index (χ3n) is 3.67. The molecule has 2 heterocycles. The van der Waals surface area contributed by atoms with Gasteiger partial charge in [-0.05, 0) is 11.3 Å². The SMILES string of the molecule is CC(C)(C)C1CC(=O)N(Cc2csc(C(=O)NN)n2)C1. The van der Waals surface area contributed by atoms with Crippen LogP contribution in [-0.4, -0.2) is 28.2 Å². The Bertz CT molecular complexity index is 521. The van der Waals surface area contributed by atoms with E-state index >= 15 is 0 Å². The Morgan fingerprint density at radius 3 is 2.85 bits per heavy atom. The normalized spacial score (nSPS) is 19.5. The van der Waals surface area contributed by atoms with Gasteiger partial charge in [0.2, 0.25) is 5.91 Å². The predicted octanol–water partition coefficient (Wildman–Crippen LogP) is 1.14. The van der Waals surface area contributed by atoms with Crippen LogP contribution < -0.4 is 11.3 Å². The number of nitrogen functional groups attached to an aromatic ring is 1. The molecule has 1 fully saturated rings. The highest BCUT2D eigenvalue weighted by Gasteiger charge is 2.36. The number of amides is 2. The molecule has 6 nitrogen and oxygen atoms in total. The van der Waals surface area contributed by atoms with Gasteiger partial charge in [0.25, 0.3) is 5.91 Å². The number of nitrogens with zero attached hydrogens (tertiary/aromatic N) is 2. The molecule has 1 aliphatic heterocycles. The van der Waals surface area contributed by atoms with Gasteiger partial charge in [0.15, 0.2) is 5.01 Å². The second-order valence-corrected chi connectivity index (χ2v) is 7.02. The number of rotatable bonds is 3. The molecular weight excluding hydrogens is 276 g/mol. The average molecular weight is 296 g/mol. The van der Waals surface area contributed by atoms with Crippen molar-refractivity contribution < 1.29 is 9.59 Å². The number of hydrogen-bond donors (Lipinski definition) is 2. The third kappa shape index (κ3) is 3.16. The molecular formula is C13H20N4O2S. The van der Waals surface area contributed by atoms with E-state index in [9.17, 15) is 9.59 Å². The number of nitrogens with one attached hydrogen (secondary N) is 1. The molecule has 20 heavy (non-hydrogen) atoms. The van der Waals surface area contributed by atoms with E-state index in [1.807, 2.05) is 4.90 Å². The monoisotopic (exact) mass is 296 g/mol. The van der Waals surface area contributed by atoms with Gasteiger partial charge in [-0.2, -0.15) is 0 Å². The van der Waals surface area contributed by atoms with Crippen LogP contribution in [0.3, 0.4) is 0 Å². The Labute approximate surface area is 122 Å². The first-order valence-corrected chi connectivity index (χ1v) is 7.42. The summed E-state index contributed by atoms with van der Waals surface area (Å²) < 4.78 is 0. The molecule has 2 amide bonds. The summed E-state index contributed by atoms with van der Waals surface area (Å²) in [6, 6.07) is 0. The predicted molar refractivity (Wildman–Crippen MR) is 76.7 cm³/mol. The number of hydrazine groups is 1. The molecule has 2 rings (SSSR count). The maximum Gasteiger partial charge on any atom is 0.294 e. The van der Waals surface area contributed by atoms with E-state index in [2.05, 4.69) is 31.2 Å². The molecule has 0 saturated carbocycles. The fourth-order valence-corrected chi connectivity index (χ4v) is 2.96. The Morgan fingerprint density at radius 2 is 2.30 bits per heavy atom. The molecule has 0 aromatic carbocycles. The van der Waals surface area contributed by atoms with Gasteiger partial charge in [-0.1, -0.05) is 20.8 Å². The minimum Gasteiger partial charge on any atom is -0.336 e. The maximum absolute atomic E-state index is 12.0. The van der Waals surface area contributed by atoms with Gasteiger partial charge in [-0.15, -0.1) is 11.3 Å². The summed E-state index contributed by atoms with van der Waals surface area (Å²) in [7, 11) is 0. The van der Waals surface area contributed by atoms with E-state index in [0.29, 0.717) is 23.9 Å². The lowest BCUT2D eigenvalue weighted by molar-refractivity contribution is -0.128. The van der Waals surface area contributed by atoms with E-state index in [1.54, 1.807) is 5.38 Å². The average Bonchev–Trinajstić information content (AvgIpc) is 2.96. The Balaban J connectivity index is 2.02. The Kier molecular flexibility index (Phi) is 4.10. The molecule has 1 unspecified atom stereocenters. The first kappa shape index (κ1) is 14.9. The number of aromatic nitrogens is 1. The van der Waals surface area contributed by atoms with Crippen LogP contribution in [0.1, 0.15) is 42.7 Å². The number of carbonyl (C=O) groups is 2. The number of likely N-dealkylation sites (tertiary alicyclic amines) is 1. The van der Waals surface area contributed by atoms with Gasteiger partial charge in [0.05, 0.1) is 12.2 Å². The van der Waals surface area contributed by atoms with Crippen molar-refractivity contribution >= 4 is 23.2 Å². The van der Waals surface area contributed by atoms with Gasteiger partial charge in [0, 0.05) is 18.3 Å². The largest absolute Gasteiger partial charge is 0.336 e. The molecule has 1 atom stereocenters. The molecule has 0 bridgehead atoms. The summed E-state index contributed by atoms with van der Waals surface area (Å²) in [4.78, 5) is 29.4. The van der Waals surface area contributed by atoms with Crippen LogP contribution in [0, 0.1) is 11.3 Å². The van der Waals surface area contributed by atoms with Gasteiger partial charge >= 0.3 is 0 Å². The summed E-state index contributed by atoms with van der Waals surface area (Å²) >= 11 is 1.23. The van der Waals surface area contributed by atoms with Gasteiger partial charge < -0.3 is 4.90 Å². The summed E-state index contributed by atoms with van der Waals surface area (Å²) in [6.45, 7) is 7.67. The fourth-order valence-electron chi connectivity index (χ4n) is 2.25. The van der Waals surface area contributed by atoms with Crippen LogP contribution in [0.5, 0.6) is 0 Å². The smallest absolute Gasteiger partial charge is 0.294 e. The Hall–Kier alpha value is -1.47. The van der Waals surface area contributed by atoms with Crippen molar-refractivity contribution in [2.45, 2.75) is 33.7 Å². The molecule has 0 aliphatic carbocycles. The molecule has 1 saturated heterocycles. The summed E-state index contributed by atoms with van der Waals surface area (Å²) in [5.74, 6) is 5.18. The first-order valence-electron chi connectivity index (χ1n) is 6.54. The first-order chi connectivity index (χ1) is 9.31. The van der Waals surface area contributed by atoms with Crippen LogP contribution in [-0.2, 0) is 11.3 Å². The second-order valence-electron chi connectivity index (χ2n) is 6.16. The topological polar surface area (TPSA) is 88.3 Å². The number of thiazole rings is 1. The van der Waals surface area contributed by atoms with Crippen molar-refractivity contribution in [2.75, 3.05) is 6.54 Å². The molecule has 0 spiro atoms. The van der Waals surface area contributed by atoms with E-state index in [4.69, 9.17) is 5.84 Å². The van der Waals surface area contributed by atoms with Gasteiger partial charge in [-0.25, -0.2) is 10.8 Å². The van der Waals surface area contributed by atoms with Crippen LogP contribution >= 0.6 is 11.3 Å². The zero-order chi connectivity index (χ0) is 14.9. The standard InChI is InChI=1S/C13H20N4O2S/c1-13(2,3)8-4-10(18)17(5-8)6-9-7-20-12(15-9)11(19)16-14/h7-8H,4-6,14H2,1-3H3,(H,16,19). The van der Waals surface area contributed by atoms with Crippen LogP contribution in [0.4, 0.5) is 0 Å². The van der Waals surface area contributed by atoms with E-state index in [1.165, 1.54) is 11.3 Å².